The molecule has 0 radical (unpaired) electrons. The quantitative estimate of drug-likeness (QED) is 0.150. The predicted octanol–water partition coefficient (Wildman–Crippen LogP) is 10.6. The maximum Gasteiger partial charge on any atom is 0.0726 e. The first-order chi connectivity index (χ1) is 20.3. The van der Waals surface area contributed by atoms with Gasteiger partial charge < -0.3 is 0 Å². The molecule has 0 atom stereocenters. The zero-order valence-electron chi connectivity index (χ0n) is 22.4. The van der Waals surface area contributed by atoms with Gasteiger partial charge in [0, 0.05) is 0 Å². The topological polar surface area (TPSA) is 0 Å². The minimum Gasteiger partial charge on any atom is -0.0619 e. The Balaban J connectivity index is 1.43. The van der Waals surface area contributed by atoms with E-state index in [0.29, 0.717) is 0 Å². The molecule has 2 aliphatic rings. The molecular formula is C41H24. The van der Waals surface area contributed by atoms with E-state index in [9.17, 15) is 0 Å². The monoisotopic (exact) mass is 516 g/mol. The van der Waals surface area contributed by atoms with E-state index in [0.717, 1.165) is 0 Å². The summed E-state index contributed by atoms with van der Waals surface area (Å²) >= 11 is 0. The Morgan fingerprint density at radius 2 is 0.878 bits per heavy atom. The number of fused-ring (bicyclic) bond motifs is 9. The summed E-state index contributed by atoms with van der Waals surface area (Å²) in [6.45, 7) is 0. The normalized spacial score (nSPS) is 14.0. The SMILES string of the molecule is c1ccc2c(c1)-c1ccccc1C21c2cccc3ccc4cc(-c5c6ccccc6cc6ccccc56)cc1c4c23. The van der Waals surface area contributed by atoms with Crippen molar-refractivity contribution in [3.05, 3.63) is 168 Å². The van der Waals surface area contributed by atoms with Gasteiger partial charge in [-0.1, -0.05) is 127 Å². The minimum atomic E-state index is -0.342. The van der Waals surface area contributed by atoms with Crippen molar-refractivity contribution in [2.24, 2.45) is 0 Å². The van der Waals surface area contributed by atoms with Crippen LogP contribution < -0.4 is 0 Å². The van der Waals surface area contributed by atoms with Crippen molar-refractivity contribution in [3.8, 4) is 22.3 Å². The fourth-order valence-corrected chi connectivity index (χ4v) is 8.28. The summed E-state index contributed by atoms with van der Waals surface area (Å²) in [6.07, 6.45) is 0. The van der Waals surface area contributed by atoms with E-state index >= 15 is 0 Å². The molecule has 0 bridgehead atoms. The molecule has 8 aromatic carbocycles. The standard InChI is InChI=1S/C41H24/c1-3-13-30-26(10-1)22-27-11-2-4-14-31(27)38(30)29-23-28-21-20-25-12-9-19-36-39(25)40(28)37(24-29)41(36)34-17-7-5-15-32(34)33-16-6-8-18-35(33)41/h1-24H. The van der Waals surface area contributed by atoms with Gasteiger partial charge in [-0.25, -0.2) is 0 Å². The van der Waals surface area contributed by atoms with E-state index in [4.69, 9.17) is 0 Å². The molecule has 8 aromatic rings. The Morgan fingerprint density at radius 1 is 0.341 bits per heavy atom. The molecule has 2 aliphatic carbocycles. The first kappa shape index (κ1) is 21.6. The molecular weight excluding hydrogens is 492 g/mol. The van der Waals surface area contributed by atoms with Crippen LogP contribution in [0.5, 0.6) is 0 Å². The third-order valence-corrected chi connectivity index (χ3v) is 9.78. The van der Waals surface area contributed by atoms with Crippen LogP contribution in [0.3, 0.4) is 0 Å². The summed E-state index contributed by atoms with van der Waals surface area (Å²) in [6, 6.07) is 54.7. The van der Waals surface area contributed by atoms with Crippen LogP contribution in [0.25, 0.3) is 65.3 Å². The third kappa shape index (κ3) is 2.52. The number of benzene rings is 8. The van der Waals surface area contributed by atoms with Gasteiger partial charge in [-0.3, -0.25) is 0 Å². The van der Waals surface area contributed by atoms with Crippen LogP contribution in [-0.4, -0.2) is 0 Å². The summed E-state index contributed by atoms with van der Waals surface area (Å²) in [5.41, 5.74) is 10.6. The molecule has 0 fully saturated rings. The highest BCUT2D eigenvalue weighted by Crippen LogP contribution is 2.62. The van der Waals surface area contributed by atoms with Gasteiger partial charge in [0.15, 0.2) is 0 Å². The molecule has 0 nitrogen and oxygen atoms in total. The van der Waals surface area contributed by atoms with Crippen molar-refractivity contribution in [1.29, 1.82) is 0 Å². The molecule has 0 N–H and O–H groups in total. The van der Waals surface area contributed by atoms with Crippen LogP contribution >= 0.6 is 0 Å². The van der Waals surface area contributed by atoms with Crippen LogP contribution in [0.15, 0.2) is 146 Å². The predicted molar refractivity (Wildman–Crippen MR) is 173 cm³/mol. The lowest BCUT2D eigenvalue weighted by Crippen LogP contribution is -2.26. The van der Waals surface area contributed by atoms with Crippen molar-refractivity contribution in [3.63, 3.8) is 0 Å². The highest BCUT2D eigenvalue weighted by molar-refractivity contribution is 6.20. The maximum absolute atomic E-state index is 2.54. The fourth-order valence-electron chi connectivity index (χ4n) is 8.28. The van der Waals surface area contributed by atoms with Crippen LogP contribution in [0.2, 0.25) is 0 Å². The van der Waals surface area contributed by atoms with Crippen molar-refractivity contribution in [2.45, 2.75) is 5.41 Å². The van der Waals surface area contributed by atoms with Gasteiger partial charge in [-0.15, -0.1) is 0 Å². The molecule has 188 valence electrons. The zero-order chi connectivity index (χ0) is 26.7. The van der Waals surface area contributed by atoms with Gasteiger partial charge >= 0.3 is 0 Å². The van der Waals surface area contributed by atoms with E-state index in [1.807, 2.05) is 0 Å². The van der Waals surface area contributed by atoms with Gasteiger partial charge in [0.25, 0.3) is 0 Å². The highest BCUT2D eigenvalue weighted by Gasteiger charge is 2.50. The molecule has 0 saturated heterocycles. The van der Waals surface area contributed by atoms with E-state index in [-0.39, 0.29) is 5.41 Å². The second kappa shape index (κ2) is 7.50. The maximum atomic E-state index is 2.54. The molecule has 41 heavy (non-hydrogen) atoms. The summed E-state index contributed by atoms with van der Waals surface area (Å²) in [5.74, 6) is 0. The number of rotatable bonds is 1. The van der Waals surface area contributed by atoms with Crippen LogP contribution in [0.1, 0.15) is 22.3 Å². The van der Waals surface area contributed by atoms with E-state index in [1.54, 1.807) is 0 Å². The first-order valence-electron chi connectivity index (χ1n) is 14.4. The number of hydrogen-bond donors (Lipinski definition) is 0. The molecule has 0 heteroatoms. The second-order valence-electron chi connectivity index (χ2n) is 11.6. The smallest absolute Gasteiger partial charge is 0.0619 e. The van der Waals surface area contributed by atoms with Crippen molar-refractivity contribution in [2.75, 3.05) is 0 Å². The molecule has 0 aliphatic heterocycles. The molecule has 0 amide bonds. The lowest BCUT2D eigenvalue weighted by Gasteiger charge is -2.31. The lowest BCUT2D eigenvalue weighted by atomic mass is 9.69. The summed E-state index contributed by atoms with van der Waals surface area (Å²) in [4.78, 5) is 0. The van der Waals surface area contributed by atoms with Crippen molar-refractivity contribution in [1.82, 2.24) is 0 Å². The Morgan fingerprint density at radius 3 is 1.59 bits per heavy atom. The highest BCUT2D eigenvalue weighted by atomic mass is 14.5. The third-order valence-electron chi connectivity index (χ3n) is 9.78. The Bertz CT molecular complexity index is 2320. The molecule has 0 unspecified atom stereocenters. The molecule has 0 saturated carbocycles. The molecule has 1 spiro atoms. The van der Waals surface area contributed by atoms with Crippen molar-refractivity contribution < 1.29 is 0 Å². The van der Waals surface area contributed by atoms with Crippen molar-refractivity contribution >= 4 is 43.1 Å². The summed E-state index contributed by atoms with van der Waals surface area (Å²) in [5, 5.41) is 10.6. The molecule has 0 heterocycles. The van der Waals surface area contributed by atoms with Crippen LogP contribution in [0, 0.1) is 0 Å². The van der Waals surface area contributed by atoms with Gasteiger partial charge in [-0.05, 0) is 106 Å². The largest absolute Gasteiger partial charge is 0.0726 e. The van der Waals surface area contributed by atoms with Gasteiger partial charge in [-0.2, -0.15) is 0 Å². The molecule has 0 aromatic heterocycles. The van der Waals surface area contributed by atoms with Gasteiger partial charge in [0.05, 0.1) is 5.41 Å². The average molecular weight is 517 g/mol. The molecule has 10 rings (SSSR count). The second-order valence-corrected chi connectivity index (χ2v) is 11.6. The summed E-state index contributed by atoms with van der Waals surface area (Å²) < 4.78 is 0. The van der Waals surface area contributed by atoms with E-state index < -0.39 is 0 Å². The van der Waals surface area contributed by atoms with Gasteiger partial charge in [0.1, 0.15) is 0 Å². The van der Waals surface area contributed by atoms with E-state index in [2.05, 4.69) is 146 Å². The van der Waals surface area contributed by atoms with Gasteiger partial charge in [0.2, 0.25) is 0 Å². The fraction of sp³-hybridized carbons (Fsp3) is 0.0244. The zero-order valence-corrected chi connectivity index (χ0v) is 22.4. The van der Waals surface area contributed by atoms with Crippen LogP contribution in [0.4, 0.5) is 0 Å². The average Bonchev–Trinajstić information content (AvgIpc) is 3.50. The minimum absolute atomic E-state index is 0.342. The van der Waals surface area contributed by atoms with E-state index in [1.165, 1.54) is 87.6 Å². The summed E-state index contributed by atoms with van der Waals surface area (Å²) in [7, 11) is 0. The Labute approximate surface area is 238 Å². The first-order valence-corrected chi connectivity index (χ1v) is 14.4. The Hall–Kier alpha value is -5.20. The Kier molecular flexibility index (Phi) is 3.95. The number of hydrogen-bond acceptors (Lipinski definition) is 0. The lowest BCUT2D eigenvalue weighted by molar-refractivity contribution is 0.797. The van der Waals surface area contributed by atoms with Crippen LogP contribution in [-0.2, 0) is 5.41 Å².